The number of rotatable bonds is 5. The molecule has 1 fully saturated rings. The summed E-state index contributed by atoms with van der Waals surface area (Å²) in [5.41, 5.74) is -0.882. The van der Waals surface area contributed by atoms with E-state index in [4.69, 9.17) is 4.74 Å². The van der Waals surface area contributed by atoms with Crippen molar-refractivity contribution in [1.82, 2.24) is 15.2 Å². The number of likely N-dealkylation sites (tertiary alicyclic amines) is 1. The minimum Gasteiger partial charge on any atom is -0.466 e. The topological polar surface area (TPSA) is 66.8 Å². The summed E-state index contributed by atoms with van der Waals surface area (Å²) in [6.07, 6.45) is -3.10. The molecule has 0 atom stereocenters. The second kappa shape index (κ2) is 9.20. The molecule has 26 heavy (non-hydrogen) atoms. The number of hydrogen-bond donors (Lipinski definition) is 1. The third kappa shape index (κ3) is 5.58. The Labute approximate surface area is 154 Å². The molecule has 0 unspecified atom stereocenters. The standard InChI is InChI=1S/C16H23F3N4O2S/c1-3-20-15(21-9-13-22-12(10-26-13)16(17,18)19)23-7-5-11(6-8-23)14(24)25-4-2/h10-11H,3-9H2,1-2H3,(H,20,21). The second-order valence-corrected chi connectivity index (χ2v) is 6.75. The van der Waals surface area contributed by atoms with Gasteiger partial charge in [0.05, 0.1) is 19.1 Å². The van der Waals surface area contributed by atoms with E-state index in [0.717, 1.165) is 16.7 Å². The average molecular weight is 392 g/mol. The smallest absolute Gasteiger partial charge is 0.434 e. The summed E-state index contributed by atoms with van der Waals surface area (Å²) >= 11 is 0.947. The number of nitrogens with one attached hydrogen (secondary N) is 1. The second-order valence-electron chi connectivity index (χ2n) is 5.81. The SMILES string of the molecule is CCNC(=NCc1nc(C(F)(F)F)cs1)N1CCC(C(=O)OCC)CC1. The van der Waals surface area contributed by atoms with Gasteiger partial charge in [-0.1, -0.05) is 0 Å². The van der Waals surface area contributed by atoms with Crippen molar-refractivity contribution in [3.05, 3.63) is 16.1 Å². The van der Waals surface area contributed by atoms with Crippen LogP contribution < -0.4 is 5.32 Å². The van der Waals surface area contributed by atoms with E-state index in [0.29, 0.717) is 50.0 Å². The predicted molar refractivity (Wildman–Crippen MR) is 92.9 cm³/mol. The number of nitrogens with zero attached hydrogens (tertiary/aromatic N) is 3. The van der Waals surface area contributed by atoms with Crippen molar-refractivity contribution in [1.29, 1.82) is 0 Å². The van der Waals surface area contributed by atoms with Gasteiger partial charge < -0.3 is 15.0 Å². The number of aliphatic imine (C=N–C) groups is 1. The number of aromatic nitrogens is 1. The maximum atomic E-state index is 12.6. The number of esters is 1. The van der Waals surface area contributed by atoms with Gasteiger partial charge in [0.1, 0.15) is 5.01 Å². The number of ether oxygens (including phenoxy) is 1. The van der Waals surface area contributed by atoms with Gasteiger partial charge in [0, 0.05) is 25.0 Å². The van der Waals surface area contributed by atoms with Crippen LogP contribution in [0.5, 0.6) is 0 Å². The lowest BCUT2D eigenvalue weighted by Crippen LogP contribution is -2.46. The van der Waals surface area contributed by atoms with Gasteiger partial charge in [-0.25, -0.2) is 9.98 Å². The summed E-state index contributed by atoms with van der Waals surface area (Å²) in [7, 11) is 0. The summed E-state index contributed by atoms with van der Waals surface area (Å²) in [4.78, 5) is 21.8. The fourth-order valence-corrected chi connectivity index (χ4v) is 3.39. The van der Waals surface area contributed by atoms with Crippen LogP contribution in [0.1, 0.15) is 37.4 Å². The monoisotopic (exact) mass is 392 g/mol. The Morgan fingerprint density at radius 2 is 2.12 bits per heavy atom. The van der Waals surface area contributed by atoms with E-state index in [9.17, 15) is 18.0 Å². The molecule has 1 aromatic heterocycles. The highest BCUT2D eigenvalue weighted by atomic mass is 32.1. The number of carbonyl (C=O) groups excluding carboxylic acids is 1. The van der Waals surface area contributed by atoms with Crippen LogP contribution in [0.15, 0.2) is 10.4 Å². The van der Waals surface area contributed by atoms with Gasteiger partial charge in [0.15, 0.2) is 11.7 Å². The number of halogens is 3. The summed E-state index contributed by atoms with van der Waals surface area (Å²) in [6.45, 7) is 6.08. The first kappa shape index (κ1) is 20.5. The first-order valence-corrected chi connectivity index (χ1v) is 9.44. The minimum absolute atomic E-state index is 0.0842. The van der Waals surface area contributed by atoms with E-state index in [1.807, 2.05) is 11.8 Å². The molecule has 0 radical (unpaired) electrons. The first-order chi connectivity index (χ1) is 12.3. The minimum atomic E-state index is -4.43. The number of hydrogen-bond acceptors (Lipinski definition) is 5. The van der Waals surface area contributed by atoms with Gasteiger partial charge >= 0.3 is 12.1 Å². The lowest BCUT2D eigenvalue weighted by atomic mass is 9.97. The maximum absolute atomic E-state index is 12.6. The maximum Gasteiger partial charge on any atom is 0.434 e. The van der Waals surface area contributed by atoms with Crippen molar-refractivity contribution in [2.24, 2.45) is 10.9 Å². The Balaban J connectivity index is 1.97. The number of guanidine groups is 1. The van der Waals surface area contributed by atoms with Crippen LogP contribution in [-0.2, 0) is 22.3 Å². The van der Waals surface area contributed by atoms with Gasteiger partial charge in [-0.3, -0.25) is 4.79 Å². The Bertz CT molecular complexity index is 625. The van der Waals surface area contributed by atoms with Crippen LogP contribution in [0.25, 0.3) is 0 Å². The Morgan fingerprint density at radius 3 is 2.65 bits per heavy atom. The van der Waals surface area contributed by atoms with Gasteiger partial charge in [-0.05, 0) is 26.7 Å². The molecule has 0 amide bonds. The van der Waals surface area contributed by atoms with E-state index in [1.165, 1.54) is 0 Å². The van der Waals surface area contributed by atoms with Crippen LogP contribution in [0.2, 0.25) is 0 Å². The van der Waals surface area contributed by atoms with Crippen molar-refractivity contribution in [2.45, 2.75) is 39.4 Å². The van der Waals surface area contributed by atoms with E-state index in [2.05, 4.69) is 15.3 Å². The summed E-state index contributed by atoms with van der Waals surface area (Å²) in [5, 5.41) is 4.46. The molecule has 0 aliphatic carbocycles. The first-order valence-electron chi connectivity index (χ1n) is 8.56. The number of alkyl halides is 3. The number of piperidine rings is 1. The highest BCUT2D eigenvalue weighted by molar-refractivity contribution is 7.09. The van der Waals surface area contributed by atoms with Crippen molar-refractivity contribution in [3.63, 3.8) is 0 Å². The van der Waals surface area contributed by atoms with Crippen LogP contribution in [-0.4, -0.2) is 48.1 Å². The Morgan fingerprint density at radius 1 is 1.42 bits per heavy atom. The van der Waals surface area contributed by atoms with Crippen LogP contribution in [0, 0.1) is 5.92 Å². The van der Waals surface area contributed by atoms with Crippen molar-refractivity contribution in [2.75, 3.05) is 26.2 Å². The molecule has 1 saturated heterocycles. The Hall–Kier alpha value is -1.84. The van der Waals surface area contributed by atoms with Gasteiger partial charge in [-0.2, -0.15) is 13.2 Å². The average Bonchev–Trinajstić information content (AvgIpc) is 3.08. The normalized spacial score (nSPS) is 16.7. The number of thiazole rings is 1. The number of carbonyl (C=O) groups is 1. The summed E-state index contributed by atoms with van der Waals surface area (Å²) in [5.74, 6) is 0.345. The molecule has 0 bridgehead atoms. The predicted octanol–water partition coefficient (Wildman–Crippen LogP) is 2.90. The fourth-order valence-electron chi connectivity index (χ4n) is 2.67. The zero-order valence-electron chi connectivity index (χ0n) is 14.8. The molecule has 2 rings (SSSR count). The van der Waals surface area contributed by atoms with Crippen LogP contribution >= 0.6 is 11.3 Å². The molecule has 10 heteroatoms. The van der Waals surface area contributed by atoms with E-state index in [-0.39, 0.29) is 18.4 Å². The third-order valence-electron chi connectivity index (χ3n) is 3.96. The third-order valence-corrected chi connectivity index (χ3v) is 4.79. The lowest BCUT2D eigenvalue weighted by Gasteiger charge is -2.33. The highest BCUT2D eigenvalue weighted by Gasteiger charge is 2.33. The van der Waals surface area contributed by atoms with Crippen molar-refractivity contribution < 1.29 is 22.7 Å². The quantitative estimate of drug-likeness (QED) is 0.474. The zero-order chi connectivity index (χ0) is 19.2. The highest BCUT2D eigenvalue weighted by Crippen LogP contribution is 2.30. The summed E-state index contributed by atoms with van der Waals surface area (Å²) < 4.78 is 42.9. The Kier molecular flexibility index (Phi) is 7.24. The largest absolute Gasteiger partial charge is 0.466 e. The molecule has 0 spiro atoms. The van der Waals surface area contributed by atoms with Gasteiger partial charge in [0.25, 0.3) is 0 Å². The van der Waals surface area contributed by atoms with Crippen LogP contribution in [0.4, 0.5) is 13.2 Å². The van der Waals surface area contributed by atoms with Gasteiger partial charge in [0.2, 0.25) is 0 Å². The molecule has 1 N–H and O–H groups in total. The fraction of sp³-hybridized carbons (Fsp3) is 0.688. The molecule has 1 aromatic rings. The molecular weight excluding hydrogens is 369 g/mol. The van der Waals surface area contributed by atoms with E-state index in [1.54, 1.807) is 6.92 Å². The molecule has 6 nitrogen and oxygen atoms in total. The molecule has 0 saturated carbocycles. The van der Waals surface area contributed by atoms with E-state index >= 15 is 0 Å². The molecule has 2 heterocycles. The van der Waals surface area contributed by atoms with Gasteiger partial charge in [-0.15, -0.1) is 11.3 Å². The van der Waals surface area contributed by atoms with E-state index < -0.39 is 11.9 Å². The molecule has 1 aliphatic rings. The molecule has 146 valence electrons. The summed E-state index contributed by atoms with van der Waals surface area (Å²) in [6, 6.07) is 0. The molecule has 1 aliphatic heterocycles. The lowest BCUT2D eigenvalue weighted by molar-refractivity contribution is -0.149. The van der Waals surface area contributed by atoms with Crippen LogP contribution in [0.3, 0.4) is 0 Å². The zero-order valence-corrected chi connectivity index (χ0v) is 15.6. The molecule has 0 aromatic carbocycles. The van der Waals surface area contributed by atoms with Crippen molar-refractivity contribution in [3.8, 4) is 0 Å². The molecular formula is C16H23F3N4O2S. The van der Waals surface area contributed by atoms with Crippen molar-refractivity contribution >= 4 is 23.3 Å².